The Labute approximate surface area is 139 Å². The summed E-state index contributed by atoms with van der Waals surface area (Å²) >= 11 is 0. The molecule has 1 saturated carbocycles. The van der Waals surface area contributed by atoms with Crippen molar-refractivity contribution in [2.45, 2.75) is 38.7 Å². The summed E-state index contributed by atoms with van der Waals surface area (Å²) in [6.07, 6.45) is 1.05. The van der Waals surface area contributed by atoms with Gasteiger partial charge in [-0.2, -0.15) is 0 Å². The van der Waals surface area contributed by atoms with Crippen LogP contribution in [-0.4, -0.2) is 41.6 Å². The second-order valence-corrected chi connectivity index (χ2v) is 6.00. The van der Waals surface area contributed by atoms with Gasteiger partial charge in [0.25, 0.3) is 0 Å². The Morgan fingerprint density at radius 3 is 2.46 bits per heavy atom. The highest BCUT2D eigenvalue weighted by Gasteiger charge is 2.58. The Morgan fingerprint density at radius 1 is 1.29 bits per heavy atom. The number of furan rings is 1. The molecule has 1 fully saturated rings. The number of ketones is 1. The summed E-state index contributed by atoms with van der Waals surface area (Å²) in [6.45, 7) is 4.89. The van der Waals surface area contributed by atoms with Gasteiger partial charge in [0.05, 0.1) is 36.9 Å². The predicted molar refractivity (Wildman–Crippen MR) is 81.9 cm³/mol. The van der Waals surface area contributed by atoms with E-state index in [0.29, 0.717) is 0 Å². The first-order valence-corrected chi connectivity index (χ1v) is 7.95. The van der Waals surface area contributed by atoms with Gasteiger partial charge in [0.1, 0.15) is 11.7 Å². The lowest BCUT2D eigenvalue weighted by molar-refractivity contribution is -0.173. The molecule has 0 bridgehead atoms. The van der Waals surface area contributed by atoms with E-state index >= 15 is 0 Å². The summed E-state index contributed by atoms with van der Waals surface area (Å²) in [5.41, 5.74) is -1.65. The fourth-order valence-electron chi connectivity index (χ4n) is 3.30. The summed E-state index contributed by atoms with van der Waals surface area (Å²) < 4.78 is 15.4. The molecule has 0 amide bonds. The minimum atomic E-state index is -1.65. The van der Waals surface area contributed by atoms with Gasteiger partial charge in [-0.05, 0) is 32.9 Å². The molecule has 4 atom stereocenters. The molecule has 1 aliphatic rings. The van der Waals surface area contributed by atoms with Crippen LogP contribution in [0.4, 0.5) is 0 Å². The molecule has 0 aromatic carbocycles. The second-order valence-electron chi connectivity index (χ2n) is 6.00. The smallest absolute Gasteiger partial charge is 0.317 e. The van der Waals surface area contributed by atoms with Crippen molar-refractivity contribution < 1.29 is 33.4 Å². The highest BCUT2D eigenvalue weighted by molar-refractivity contribution is 6.02. The van der Waals surface area contributed by atoms with Gasteiger partial charge in [-0.3, -0.25) is 14.4 Å². The van der Waals surface area contributed by atoms with E-state index in [1.54, 1.807) is 26.0 Å². The first-order chi connectivity index (χ1) is 11.3. The molecule has 132 valence electrons. The third-order valence-corrected chi connectivity index (χ3v) is 4.22. The van der Waals surface area contributed by atoms with E-state index in [9.17, 15) is 19.5 Å². The summed E-state index contributed by atoms with van der Waals surface area (Å²) in [5.74, 6) is -4.94. The highest BCUT2D eigenvalue weighted by Crippen LogP contribution is 2.46. The van der Waals surface area contributed by atoms with Crippen LogP contribution in [0.15, 0.2) is 22.8 Å². The van der Waals surface area contributed by atoms with Gasteiger partial charge in [0, 0.05) is 6.42 Å². The third-order valence-electron chi connectivity index (χ3n) is 4.22. The molecule has 0 spiro atoms. The fourth-order valence-corrected chi connectivity index (χ4v) is 3.30. The number of Topliss-reactive ketones (excluding diaryl/α,β-unsaturated/α-hetero) is 1. The van der Waals surface area contributed by atoms with Crippen molar-refractivity contribution in [3.8, 4) is 0 Å². The van der Waals surface area contributed by atoms with E-state index in [4.69, 9.17) is 13.9 Å². The van der Waals surface area contributed by atoms with Crippen LogP contribution in [0.3, 0.4) is 0 Å². The Hall–Kier alpha value is -2.15. The van der Waals surface area contributed by atoms with Crippen LogP contribution in [-0.2, 0) is 23.9 Å². The lowest BCUT2D eigenvalue weighted by Gasteiger charge is -2.42. The quantitative estimate of drug-likeness (QED) is 0.640. The van der Waals surface area contributed by atoms with Gasteiger partial charge in [-0.15, -0.1) is 0 Å². The first-order valence-electron chi connectivity index (χ1n) is 7.95. The average Bonchev–Trinajstić information content (AvgIpc) is 2.99. The predicted octanol–water partition coefficient (Wildman–Crippen LogP) is 1.45. The average molecular weight is 338 g/mol. The zero-order chi connectivity index (χ0) is 17.9. The Morgan fingerprint density at radius 2 is 1.92 bits per heavy atom. The fraction of sp³-hybridized carbons (Fsp3) is 0.588. The van der Waals surface area contributed by atoms with Crippen LogP contribution >= 0.6 is 0 Å². The zero-order valence-electron chi connectivity index (χ0n) is 14.0. The van der Waals surface area contributed by atoms with Gasteiger partial charge in [-0.25, -0.2) is 0 Å². The molecule has 7 nitrogen and oxygen atoms in total. The number of carbonyl (C=O) groups excluding carboxylic acids is 3. The van der Waals surface area contributed by atoms with Crippen LogP contribution in [0.25, 0.3) is 0 Å². The SMILES string of the molecule is CCOC(=O)[C@H]1C(=O)C[C@@](C)(O)[C@H](C(=O)OCC)[C@@H]1c1ccco1. The normalized spacial score (nSPS) is 30.0. The van der Waals surface area contributed by atoms with E-state index in [1.807, 2.05) is 0 Å². The van der Waals surface area contributed by atoms with Crippen molar-refractivity contribution in [3.05, 3.63) is 24.2 Å². The minimum Gasteiger partial charge on any atom is -0.469 e. The second kappa shape index (κ2) is 7.17. The molecular weight excluding hydrogens is 316 g/mol. The summed E-state index contributed by atoms with van der Waals surface area (Å²) in [4.78, 5) is 37.3. The number of ether oxygens (including phenoxy) is 2. The number of carbonyl (C=O) groups is 3. The Kier molecular flexibility index (Phi) is 5.43. The van der Waals surface area contributed by atoms with Crippen molar-refractivity contribution in [3.63, 3.8) is 0 Å². The van der Waals surface area contributed by atoms with E-state index in [1.165, 1.54) is 13.2 Å². The maximum atomic E-state index is 12.5. The van der Waals surface area contributed by atoms with Crippen molar-refractivity contribution in [2.75, 3.05) is 13.2 Å². The van der Waals surface area contributed by atoms with Crippen molar-refractivity contribution in [1.82, 2.24) is 0 Å². The van der Waals surface area contributed by atoms with Crippen LogP contribution in [0.5, 0.6) is 0 Å². The van der Waals surface area contributed by atoms with Gasteiger partial charge >= 0.3 is 11.9 Å². The topological polar surface area (TPSA) is 103 Å². The van der Waals surface area contributed by atoms with Crippen molar-refractivity contribution in [1.29, 1.82) is 0 Å². The van der Waals surface area contributed by atoms with Gasteiger partial charge in [-0.1, -0.05) is 0 Å². The molecule has 1 aromatic rings. The summed E-state index contributed by atoms with van der Waals surface area (Å²) in [7, 11) is 0. The standard InChI is InChI=1S/C17H22O7/c1-4-22-15(19)12-10(18)9-17(3,21)14(16(20)23-5-2)13(12)11-7-6-8-24-11/h6-8,12-14,21H,4-5,9H2,1-3H3/t12-,13+,14-,17+/m0/s1. The number of hydrogen-bond donors (Lipinski definition) is 1. The molecule has 2 rings (SSSR count). The third kappa shape index (κ3) is 3.36. The van der Waals surface area contributed by atoms with Gasteiger partial charge in [0.2, 0.25) is 0 Å². The largest absolute Gasteiger partial charge is 0.469 e. The Bertz CT molecular complexity index is 602. The van der Waals surface area contributed by atoms with Crippen LogP contribution in [0.2, 0.25) is 0 Å². The molecule has 0 radical (unpaired) electrons. The Balaban J connectivity index is 2.53. The van der Waals surface area contributed by atoms with E-state index < -0.39 is 41.1 Å². The molecule has 0 saturated heterocycles. The zero-order valence-corrected chi connectivity index (χ0v) is 14.0. The molecule has 1 aromatic heterocycles. The number of esters is 2. The molecular formula is C17H22O7. The highest BCUT2D eigenvalue weighted by atomic mass is 16.5. The number of rotatable bonds is 5. The molecule has 7 heteroatoms. The van der Waals surface area contributed by atoms with E-state index in [0.717, 1.165) is 0 Å². The van der Waals surface area contributed by atoms with Crippen LogP contribution in [0.1, 0.15) is 38.9 Å². The number of aliphatic hydroxyl groups is 1. The lowest BCUT2D eigenvalue weighted by Crippen LogP contribution is -2.55. The summed E-state index contributed by atoms with van der Waals surface area (Å²) in [6, 6.07) is 3.16. The van der Waals surface area contributed by atoms with E-state index in [2.05, 4.69) is 0 Å². The molecule has 1 N–H and O–H groups in total. The maximum absolute atomic E-state index is 12.5. The molecule has 24 heavy (non-hydrogen) atoms. The number of hydrogen-bond acceptors (Lipinski definition) is 7. The molecule has 0 unspecified atom stereocenters. The molecule has 1 heterocycles. The van der Waals surface area contributed by atoms with Crippen LogP contribution in [0, 0.1) is 11.8 Å². The molecule has 0 aliphatic heterocycles. The minimum absolute atomic E-state index is 0.105. The monoisotopic (exact) mass is 338 g/mol. The maximum Gasteiger partial charge on any atom is 0.317 e. The van der Waals surface area contributed by atoms with Crippen molar-refractivity contribution >= 4 is 17.7 Å². The van der Waals surface area contributed by atoms with Crippen molar-refractivity contribution in [2.24, 2.45) is 11.8 Å². The van der Waals surface area contributed by atoms with Gasteiger partial charge in [0.15, 0.2) is 5.78 Å². The van der Waals surface area contributed by atoms with Gasteiger partial charge < -0.3 is 19.0 Å². The molecule has 1 aliphatic carbocycles. The first kappa shape index (κ1) is 18.2. The lowest BCUT2D eigenvalue weighted by atomic mass is 9.63. The summed E-state index contributed by atoms with van der Waals surface area (Å²) in [5, 5.41) is 10.7. The van der Waals surface area contributed by atoms with Crippen LogP contribution < -0.4 is 0 Å². The van der Waals surface area contributed by atoms with E-state index in [-0.39, 0.29) is 25.4 Å².